The van der Waals surface area contributed by atoms with Gasteiger partial charge in [-0.25, -0.2) is 0 Å². The molecule has 0 unspecified atom stereocenters. The lowest BCUT2D eigenvalue weighted by Crippen LogP contribution is -2.62. The molecule has 5 heteroatoms. The highest BCUT2D eigenvalue weighted by Crippen LogP contribution is 2.67. The normalized spacial score (nSPS) is 48.5. The van der Waals surface area contributed by atoms with Gasteiger partial charge in [0.15, 0.2) is 11.6 Å². The first kappa shape index (κ1) is 19.0. The molecule has 4 aliphatic carbocycles. The minimum Gasteiger partial charge on any atom is -0.388 e. The van der Waals surface area contributed by atoms with Crippen molar-refractivity contribution in [3.8, 4) is 0 Å². The Kier molecular flexibility index (Phi) is 4.30. The third-order valence-corrected chi connectivity index (χ3v) is 8.53. The Balaban J connectivity index is 1.77. The van der Waals surface area contributed by atoms with Gasteiger partial charge >= 0.3 is 0 Å². The first-order chi connectivity index (χ1) is 12.7. The molecule has 7 atom stereocenters. The SMILES string of the molecule is CO[C@H]1C[C@@]2(C)[C@@H](CC[C@]2(O)C(=O)CO)[C@@H]2CCC3=CC(=O)C=C[C@]3(C)[C@H]21. The van der Waals surface area contributed by atoms with Crippen LogP contribution in [0.2, 0.25) is 0 Å². The summed E-state index contributed by atoms with van der Waals surface area (Å²) in [4.78, 5) is 24.4. The van der Waals surface area contributed by atoms with Crippen LogP contribution < -0.4 is 0 Å². The van der Waals surface area contributed by atoms with E-state index in [1.807, 2.05) is 6.92 Å². The van der Waals surface area contributed by atoms with E-state index in [-0.39, 0.29) is 29.1 Å². The Morgan fingerprint density at radius 2 is 2.07 bits per heavy atom. The highest BCUT2D eigenvalue weighted by molar-refractivity contribution is 6.01. The zero-order valence-electron chi connectivity index (χ0n) is 16.4. The van der Waals surface area contributed by atoms with Crippen molar-refractivity contribution in [2.45, 2.75) is 57.7 Å². The van der Waals surface area contributed by atoms with Crippen molar-refractivity contribution >= 4 is 11.6 Å². The Labute approximate surface area is 160 Å². The second-order valence-corrected chi connectivity index (χ2v) is 9.40. The van der Waals surface area contributed by atoms with Crippen LogP contribution in [0, 0.1) is 28.6 Å². The maximum atomic E-state index is 12.5. The summed E-state index contributed by atoms with van der Waals surface area (Å²) in [6.07, 6.45) is 8.98. The molecular formula is C22H30O5. The molecule has 5 nitrogen and oxygen atoms in total. The highest BCUT2D eigenvalue weighted by atomic mass is 16.5. The molecule has 0 aromatic heterocycles. The summed E-state index contributed by atoms with van der Waals surface area (Å²) in [6, 6.07) is 0. The monoisotopic (exact) mass is 374 g/mol. The van der Waals surface area contributed by atoms with Gasteiger partial charge in [0.2, 0.25) is 0 Å². The molecule has 0 heterocycles. The molecule has 0 spiro atoms. The fraction of sp³-hybridized carbons (Fsp3) is 0.727. The summed E-state index contributed by atoms with van der Waals surface area (Å²) in [6.45, 7) is 3.59. The van der Waals surface area contributed by atoms with Crippen LogP contribution >= 0.6 is 0 Å². The molecular weight excluding hydrogens is 344 g/mol. The maximum Gasteiger partial charge on any atom is 0.190 e. The second-order valence-electron chi connectivity index (χ2n) is 9.40. The number of hydrogen-bond donors (Lipinski definition) is 2. The maximum absolute atomic E-state index is 12.5. The van der Waals surface area contributed by atoms with E-state index in [1.54, 1.807) is 19.3 Å². The van der Waals surface area contributed by atoms with Gasteiger partial charge in [0.05, 0.1) is 6.10 Å². The molecule has 0 aromatic carbocycles. The number of allylic oxidation sites excluding steroid dienone is 4. The fourth-order valence-electron chi connectivity index (χ4n) is 7.11. The van der Waals surface area contributed by atoms with Gasteiger partial charge in [0.1, 0.15) is 12.2 Å². The Bertz CT molecular complexity index is 739. The largest absolute Gasteiger partial charge is 0.388 e. The van der Waals surface area contributed by atoms with Crippen LogP contribution in [-0.4, -0.2) is 47.2 Å². The van der Waals surface area contributed by atoms with Gasteiger partial charge in [-0.1, -0.05) is 25.5 Å². The summed E-state index contributed by atoms with van der Waals surface area (Å²) in [5, 5.41) is 20.8. The molecule has 0 aromatic rings. The van der Waals surface area contributed by atoms with E-state index in [9.17, 15) is 19.8 Å². The number of aliphatic hydroxyl groups excluding tert-OH is 1. The summed E-state index contributed by atoms with van der Waals surface area (Å²) < 4.78 is 5.95. The van der Waals surface area contributed by atoms with E-state index in [2.05, 4.69) is 13.0 Å². The van der Waals surface area contributed by atoms with E-state index in [4.69, 9.17) is 4.74 Å². The predicted octanol–water partition coefficient (Wildman–Crippen LogP) is 2.21. The number of carbonyl (C=O) groups is 2. The summed E-state index contributed by atoms with van der Waals surface area (Å²) >= 11 is 0. The van der Waals surface area contributed by atoms with Gasteiger partial charge in [0.25, 0.3) is 0 Å². The third-order valence-electron chi connectivity index (χ3n) is 8.53. The van der Waals surface area contributed by atoms with Crippen molar-refractivity contribution in [3.05, 3.63) is 23.8 Å². The Morgan fingerprint density at radius 3 is 2.74 bits per heavy atom. The molecule has 2 N–H and O–H groups in total. The number of rotatable bonds is 3. The van der Waals surface area contributed by atoms with Crippen LogP contribution in [0.1, 0.15) is 46.0 Å². The molecule has 3 saturated carbocycles. The van der Waals surface area contributed by atoms with Gasteiger partial charge in [-0.05, 0) is 56.1 Å². The van der Waals surface area contributed by atoms with E-state index in [0.717, 1.165) is 19.3 Å². The number of ketones is 2. The van der Waals surface area contributed by atoms with Crippen molar-refractivity contribution in [3.63, 3.8) is 0 Å². The van der Waals surface area contributed by atoms with E-state index < -0.39 is 23.4 Å². The van der Waals surface area contributed by atoms with E-state index in [0.29, 0.717) is 18.8 Å². The van der Waals surface area contributed by atoms with Gasteiger partial charge in [-0.2, -0.15) is 0 Å². The summed E-state index contributed by atoms with van der Waals surface area (Å²) in [5.74, 6) is 0.329. The number of hydrogen-bond acceptors (Lipinski definition) is 5. The molecule has 4 aliphatic rings. The van der Waals surface area contributed by atoms with Crippen LogP contribution in [0.25, 0.3) is 0 Å². The number of Topliss-reactive ketones (excluding diaryl/α,β-unsaturated/α-hetero) is 1. The van der Waals surface area contributed by atoms with Crippen molar-refractivity contribution in [1.82, 2.24) is 0 Å². The zero-order valence-corrected chi connectivity index (χ0v) is 16.4. The lowest BCUT2D eigenvalue weighted by molar-refractivity contribution is -0.182. The van der Waals surface area contributed by atoms with Crippen molar-refractivity contribution < 1.29 is 24.5 Å². The van der Waals surface area contributed by atoms with Gasteiger partial charge in [-0.15, -0.1) is 0 Å². The highest BCUT2D eigenvalue weighted by Gasteiger charge is 2.68. The minimum absolute atomic E-state index is 0.0549. The first-order valence-electron chi connectivity index (χ1n) is 10.0. The number of methoxy groups -OCH3 is 1. The van der Waals surface area contributed by atoms with E-state index >= 15 is 0 Å². The topological polar surface area (TPSA) is 83.8 Å². The molecule has 3 fully saturated rings. The molecule has 27 heavy (non-hydrogen) atoms. The number of carbonyl (C=O) groups excluding carboxylic acids is 2. The number of aliphatic hydroxyl groups is 2. The molecule has 0 aliphatic heterocycles. The number of ether oxygens (including phenoxy) is 1. The molecule has 0 saturated heterocycles. The van der Waals surface area contributed by atoms with Crippen molar-refractivity contribution in [2.24, 2.45) is 28.6 Å². The van der Waals surface area contributed by atoms with Gasteiger partial charge in [0, 0.05) is 23.9 Å². The molecule has 148 valence electrons. The van der Waals surface area contributed by atoms with Crippen LogP contribution in [0.5, 0.6) is 0 Å². The smallest absolute Gasteiger partial charge is 0.190 e. The predicted molar refractivity (Wildman–Crippen MR) is 99.8 cm³/mol. The van der Waals surface area contributed by atoms with Gasteiger partial charge < -0.3 is 14.9 Å². The Hall–Kier alpha value is -1.30. The van der Waals surface area contributed by atoms with Crippen molar-refractivity contribution in [2.75, 3.05) is 13.7 Å². The average Bonchev–Trinajstić information content (AvgIpc) is 2.92. The number of fused-ring (bicyclic) bond motifs is 5. The average molecular weight is 374 g/mol. The lowest BCUT2D eigenvalue weighted by Gasteiger charge is -2.60. The van der Waals surface area contributed by atoms with Crippen LogP contribution in [0.3, 0.4) is 0 Å². The molecule has 0 amide bonds. The fourth-order valence-corrected chi connectivity index (χ4v) is 7.11. The van der Waals surface area contributed by atoms with E-state index in [1.165, 1.54) is 5.57 Å². The summed E-state index contributed by atoms with van der Waals surface area (Å²) in [7, 11) is 1.70. The van der Waals surface area contributed by atoms with Crippen LogP contribution in [0.15, 0.2) is 23.8 Å². The zero-order chi connectivity index (χ0) is 19.6. The van der Waals surface area contributed by atoms with Crippen molar-refractivity contribution in [1.29, 1.82) is 0 Å². The minimum atomic E-state index is -1.48. The lowest BCUT2D eigenvalue weighted by atomic mass is 9.46. The molecule has 0 bridgehead atoms. The Morgan fingerprint density at radius 1 is 1.33 bits per heavy atom. The van der Waals surface area contributed by atoms with Crippen LogP contribution in [-0.2, 0) is 14.3 Å². The quantitative estimate of drug-likeness (QED) is 0.791. The van der Waals surface area contributed by atoms with Crippen LogP contribution in [0.4, 0.5) is 0 Å². The van der Waals surface area contributed by atoms with Gasteiger partial charge in [-0.3, -0.25) is 9.59 Å². The standard InChI is InChI=1S/C22H30O5/c1-20-8-6-14(24)10-13(20)4-5-15-16-7-9-22(26,18(25)12-23)21(16,2)11-17(27-3)19(15)20/h6,8,10,15-17,19,23,26H,4-5,7,9,11-12H2,1-3H3/t15-,16-,17-,19+,20-,21-,22-/m0/s1. The first-order valence-corrected chi connectivity index (χ1v) is 10.0. The molecule has 4 rings (SSSR count). The second kappa shape index (κ2) is 6.10. The summed E-state index contributed by atoms with van der Waals surface area (Å²) in [5.41, 5.74) is -1.12. The third kappa shape index (κ3) is 2.34. The molecule has 0 radical (unpaired) electrons.